The topological polar surface area (TPSA) is 98.5 Å². The first-order valence-corrected chi connectivity index (χ1v) is 7.68. The summed E-state index contributed by atoms with van der Waals surface area (Å²) in [5.41, 5.74) is 1.14. The van der Waals surface area contributed by atoms with Crippen LogP contribution in [-0.2, 0) is 9.53 Å². The fourth-order valence-corrected chi connectivity index (χ4v) is 2.13. The molecule has 130 valence electrons. The summed E-state index contributed by atoms with van der Waals surface area (Å²) in [7, 11) is 0. The quantitative estimate of drug-likeness (QED) is 0.496. The van der Waals surface area contributed by atoms with Gasteiger partial charge in [0.2, 0.25) is 0 Å². The molecule has 0 saturated carbocycles. The first-order chi connectivity index (χ1) is 11.8. The van der Waals surface area contributed by atoms with Crippen LogP contribution in [0.4, 0.5) is 11.4 Å². The lowest BCUT2D eigenvalue weighted by molar-refractivity contribution is -0.384. The number of benzene rings is 2. The van der Waals surface area contributed by atoms with Crippen molar-refractivity contribution in [3.05, 3.63) is 68.7 Å². The second-order valence-corrected chi connectivity index (χ2v) is 5.73. The molecule has 0 spiro atoms. The Labute approximate surface area is 148 Å². The third-order valence-electron chi connectivity index (χ3n) is 3.35. The van der Waals surface area contributed by atoms with Gasteiger partial charge in [-0.2, -0.15) is 0 Å². The van der Waals surface area contributed by atoms with Crippen molar-refractivity contribution in [2.75, 3.05) is 5.32 Å². The van der Waals surface area contributed by atoms with Crippen LogP contribution in [0.2, 0.25) is 5.02 Å². The second kappa shape index (κ2) is 7.76. The molecule has 2 aromatic rings. The van der Waals surface area contributed by atoms with Crippen LogP contribution < -0.4 is 5.32 Å². The number of carbonyl (C=O) groups is 2. The molecule has 0 fully saturated rings. The van der Waals surface area contributed by atoms with Crippen molar-refractivity contribution in [3.63, 3.8) is 0 Å². The zero-order chi connectivity index (χ0) is 18.6. The molecular weight excluding hydrogens is 348 g/mol. The number of ether oxygens (including phenoxy) is 1. The fourth-order valence-electron chi connectivity index (χ4n) is 1.94. The molecule has 0 aliphatic carbocycles. The van der Waals surface area contributed by atoms with Gasteiger partial charge in [-0.3, -0.25) is 14.9 Å². The lowest BCUT2D eigenvalue weighted by atomic mass is 10.2. The molecule has 1 amide bonds. The zero-order valence-electron chi connectivity index (χ0n) is 13.5. The van der Waals surface area contributed by atoms with Crippen molar-refractivity contribution in [1.29, 1.82) is 0 Å². The van der Waals surface area contributed by atoms with E-state index in [4.69, 9.17) is 16.3 Å². The SMILES string of the molecule is Cc1ccc(NC(=O)[C@@H](C)OC(=O)c2ccc(Cl)c([N+](=O)[O-])c2)cc1. The average Bonchev–Trinajstić information content (AvgIpc) is 2.56. The Morgan fingerprint density at radius 2 is 1.84 bits per heavy atom. The Balaban J connectivity index is 2.04. The summed E-state index contributed by atoms with van der Waals surface area (Å²) in [6, 6.07) is 10.7. The van der Waals surface area contributed by atoms with E-state index in [0.29, 0.717) is 5.69 Å². The summed E-state index contributed by atoms with van der Waals surface area (Å²) in [6.45, 7) is 3.33. The first kappa shape index (κ1) is 18.4. The number of nitrogens with one attached hydrogen (secondary N) is 1. The van der Waals surface area contributed by atoms with Gasteiger partial charge in [-0.25, -0.2) is 4.79 Å². The van der Waals surface area contributed by atoms with Gasteiger partial charge < -0.3 is 10.1 Å². The fraction of sp³-hybridized carbons (Fsp3) is 0.176. The molecular formula is C17H15ClN2O5. The number of carbonyl (C=O) groups excluding carboxylic acids is 2. The minimum absolute atomic E-state index is 0.0638. The molecule has 7 nitrogen and oxygen atoms in total. The van der Waals surface area contributed by atoms with E-state index in [-0.39, 0.29) is 10.6 Å². The highest BCUT2D eigenvalue weighted by Gasteiger charge is 2.22. The van der Waals surface area contributed by atoms with Gasteiger partial charge in [0.15, 0.2) is 6.10 Å². The van der Waals surface area contributed by atoms with Crippen molar-refractivity contribution in [3.8, 4) is 0 Å². The van der Waals surface area contributed by atoms with Gasteiger partial charge in [0, 0.05) is 11.8 Å². The number of esters is 1. The average molecular weight is 363 g/mol. The highest BCUT2D eigenvalue weighted by molar-refractivity contribution is 6.32. The third kappa shape index (κ3) is 4.77. The number of rotatable bonds is 5. The largest absolute Gasteiger partial charge is 0.449 e. The highest BCUT2D eigenvalue weighted by Crippen LogP contribution is 2.25. The number of nitro benzene ring substituents is 1. The third-order valence-corrected chi connectivity index (χ3v) is 3.67. The minimum atomic E-state index is -1.08. The van der Waals surface area contributed by atoms with Crippen molar-refractivity contribution in [1.82, 2.24) is 0 Å². The number of hydrogen-bond acceptors (Lipinski definition) is 5. The van der Waals surface area contributed by atoms with Crippen LogP contribution in [0, 0.1) is 17.0 Å². The molecule has 0 saturated heterocycles. The van der Waals surface area contributed by atoms with E-state index in [9.17, 15) is 19.7 Å². The van der Waals surface area contributed by atoms with E-state index in [1.54, 1.807) is 12.1 Å². The molecule has 0 bridgehead atoms. The number of nitro groups is 1. The molecule has 2 rings (SSSR count). The van der Waals surface area contributed by atoms with Crippen LogP contribution >= 0.6 is 11.6 Å². The predicted molar refractivity (Wildman–Crippen MR) is 92.8 cm³/mol. The van der Waals surface area contributed by atoms with E-state index in [2.05, 4.69) is 5.32 Å². The molecule has 0 aliphatic heterocycles. The summed E-state index contributed by atoms with van der Waals surface area (Å²) in [5.74, 6) is -1.37. The van der Waals surface area contributed by atoms with E-state index in [1.165, 1.54) is 19.1 Å². The van der Waals surface area contributed by atoms with Crippen molar-refractivity contribution in [2.45, 2.75) is 20.0 Å². The Morgan fingerprint density at radius 1 is 1.20 bits per heavy atom. The van der Waals surface area contributed by atoms with Gasteiger partial charge in [0.1, 0.15) is 5.02 Å². The van der Waals surface area contributed by atoms with Crippen LogP contribution in [0.1, 0.15) is 22.8 Å². The van der Waals surface area contributed by atoms with Gasteiger partial charge in [0.25, 0.3) is 11.6 Å². The van der Waals surface area contributed by atoms with Crippen LogP contribution in [0.15, 0.2) is 42.5 Å². The predicted octanol–water partition coefficient (Wildman–Crippen LogP) is 3.74. The van der Waals surface area contributed by atoms with E-state index >= 15 is 0 Å². The molecule has 0 aromatic heterocycles. The van der Waals surface area contributed by atoms with Gasteiger partial charge in [-0.05, 0) is 38.1 Å². The van der Waals surface area contributed by atoms with Gasteiger partial charge in [-0.15, -0.1) is 0 Å². The zero-order valence-corrected chi connectivity index (χ0v) is 14.2. The number of amides is 1. The molecule has 1 N–H and O–H groups in total. The first-order valence-electron chi connectivity index (χ1n) is 7.30. The Kier molecular flexibility index (Phi) is 5.71. The highest BCUT2D eigenvalue weighted by atomic mass is 35.5. The molecule has 0 radical (unpaired) electrons. The summed E-state index contributed by atoms with van der Waals surface area (Å²) in [5, 5.41) is 13.4. The van der Waals surface area contributed by atoms with Crippen LogP contribution in [-0.4, -0.2) is 22.9 Å². The Hall–Kier alpha value is -2.93. The Bertz CT molecular complexity index is 820. The van der Waals surface area contributed by atoms with Crippen LogP contribution in [0.25, 0.3) is 0 Å². The number of aryl methyl sites for hydroxylation is 1. The maximum absolute atomic E-state index is 12.1. The smallest absolute Gasteiger partial charge is 0.339 e. The van der Waals surface area contributed by atoms with Gasteiger partial charge in [-0.1, -0.05) is 29.3 Å². The van der Waals surface area contributed by atoms with Crippen LogP contribution in [0.3, 0.4) is 0 Å². The second-order valence-electron chi connectivity index (χ2n) is 5.33. The van der Waals surface area contributed by atoms with E-state index in [1.807, 2.05) is 19.1 Å². The van der Waals surface area contributed by atoms with E-state index in [0.717, 1.165) is 11.6 Å². The molecule has 0 unspecified atom stereocenters. The number of anilines is 1. The standard InChI is InChI=1S/C17H15ClN2O5/c1-10-3-6-13(7-4-10)19-16(21)11(2)25-17(22)12-5-8-14(18)15(9-12)20(23)24/h3-9,11H,1-2H3,(H,19,21)/t11-/m1/s1. The lowest BCUT2D eigenvalue weighted by Crippen LogP contribution is -2.30. The lowest BCUT2D eigenvalue weighted by Gasteiger charge is -2.13. The maximum Gasteiger partial charge on any atom is 0.339 e. The molecule has 2 aromatic carbocycles. The number of nitrogens with zero attached hydrogens (tertiary/aromatic N) is 1. The Morgan fingerprint density at radius 3 is 2.44 bits per heavy atom. The molecule has 0 aliphatic rings. The summed E-state index contributed by atoms with van der Waals surface area (Å²) < 4.78 is 5.05. The van der Waals surface area contributed by atoms with Crippen LogP contribution in [0.5, 0.6) is 0 Å². The van der Waals surface area contributed by atoms with Crippen molar-refractivity contribution in [2.24, 2.45) is 0 Å². The summed E-state index contributed by atoms with van der Waals surface area (Å²) >= 11 is 5.70. The van der Waals surface area contributed by atoms with E-state index < -0.39 is 28.6 Å². The number of hydrogen-bond donors (Lipinski definition) is 1. The summed E-state index contributed by atoms with van der Waals surface area (Å²) in [6.07, 6.45) is -1.08. The maximum atomic E-state index is 12.1. The molecule has 0 heterocycles. The van der Waals surface area contributed by atoms with Gasteiger partial charge in [0.05, 0.1) is 10.5 Å². The summed E-state index contributed by atoms with van der Waals surface area (Å²) in [4.78, 5) is 34.3. The van der Waals surface area contributed by atoms with Gasteiger partial charge >= 0.3 is 5.97 Å². The molecule has 25 heavy (non-hydrogen) atoms. The number of halogens is 1. The monoisotopic (exact) mass is 362 g/mol. The minimum Gasteiger partial charge on any atom is -0.449 e. The molecule has 1 atom stereocenters. The van der Waals surface area contributed by atoms with Crippen molar-refractivity contribution < 1.29 is 19.2 Å². The van der Waals surface area contributed by atoms with Crippen molar-refractivity contribution >= 4 is 34.9 Å². The molecule has 8 heteroatoms. The normalized spacial score (nSPS) is 11.5.